The maximum absolute atomic E-state index is 14.8. The van der Waals surface area contributed by atoms with Gasteiger partial charge in [0.15, 0.2) is 16.6 Å². The maximum atomic E-state index is 14.8. The van der Waals surface area contributed by atoms with Crippen molar-refractivity contribution in [3.63, 3.8) is 0 Å². The van der Waals surface area contributed by atoms with E-state index in [4.69, 9.17) is 27.8 Å². The van der Waals surface area contributed by atoms with Crippen LogP contribution in [0.15, 0.2) is 48.8 Å². The van der Waals surface area contributed by atoms with Crippen molar-refractivity contribution in [3.05, 3.63) is 102 Å². The molecule has 10 atom stereocenters. The van der Waals surface area contributed by atoms with Crippen LogP contribution in [0.25, 0.3) is 0 Å². The summed E-state index contributed by atoms with van der Waals surface area (Å²) >= 11 is 0. The molecule has 0 radical (unpaired) electrons. The van der Waals surface area contributed by atoms with Crippen LogP contribution in [0, 0.1) is 45.4 Å². The minimum atomic E-state index is -5.20. The van der Waals surface area contributed by atoms with Gasteiger partial charge in [-0.25, -0.2) is 4.79 Å². The number of halogens is 3. The summed E-state index contributed by atoms with van der Waals surface area (Å²) in [4.78, 5) is 54.4. The third-order valence-electron chi connectivity index (χ3n) is 12.7. The lowest BCUT2D eigenvalue weighted by molar-refractivity contribution is -0.331. The van der Waals surface area contributed by atoms with Crippen molar-refractivity contribution in [1.82, 2.24) is 0 Å². The molecule has 1 saturated heterocycles. The Bertz CT molecular complexity index is 2160. The number of carbonyl (C=O) groups excluding carboxylic acids is 2. The highest BCUT2D eigenvalue weighted by molar-refractivity contribution is 5.83. The zero-order valence-corrected chi connectivity index (χ0v) is 37.9. The number of methoxy groups -OCH3 is 1. The van der Waals surface area contributed by atoms with E-state index in [1.807, 2.05) is 27.7 Å². The highest BCUT2D eigenvalue weighted by atomic mass is 19.4. The first-order chi connectivity index (χ1) is 28.4. The largest absolute Gasteiger partial charge is 0.465 e. The van der Waals surface area contributed by atoms with Crippen LogP contribution in [0.5, 0.6) is 0 Å². The highest BCUT2D eigenvalue weighted by Crippen LogP contribution is 2.50. The molecule has 338 valence electrons. The molecule has 14 heteroatoms. The molecule has 1 fully saturated rings. The second kappa shape index (κ2) is 19.0. The second-order valence-electron chi connectivity index (χ2n) is 17.2. The van der Waals surface area contributed by atoms with Crippen molar-refractivity contribution in [3.8, 4) is 0 Å². The topological polar surface area (TPSA) is 152 Å². The normalized spacial score (nSPS) is 23.8. The van der Waals surface area contributed by atoms with Gasteiger partial charge in [0, 0.05) is 65.5 Å². The molecule has 0 bridgehead atoms. The number of carbonyl (C=O) groups is 2. The number of benzene rings is 1. The number of alkyl halides is 3. The zero-order valence-electron chi connectivity index (χ0n) is 37.9. The number of hydrogen-bond donors (Lipinski definition) is 1. The minimum Gasteiger partial charge on any atom is -0.465 e. The second-order valence-corrected chi connectivity index (χ2v) is 17.2. The number of rotatable bonds is 15. The Labute approximate surface area is 356 Å². The fraction of sp³-hybridized carbons (Fsp3) is 0.617. The third kappa shape index (κ3) is 9.13. The summed E-state index contributed by atoms with van der Waals surface area (Å²) in [5, 5.41) is 12.8. The summed E-state index contributed by atoms with van der Waals surface area (Å²) in [7, 11) is 0.788. The van der Waals surface area contributed by atoms with Gasteiger partial charge >= 0.3 is 18.1 Å². The first-order valence-electron chi connectivity index (χ1n) is 21.1. The van der Waals surface area contributed by atoms with E-state index in [9.17, 15) is 37.5 Å². The molecule has 0 spiro atoms. The fourth-order valence-electron chi connectivity index (χ4n) is 8.96. The van der Waals surface area contributed by atoms with E-state index in [0.29, 0.717) is 23.3 Å². The molecular formula is C47H63F3O11. The highest BCUT2D eigenvalue weighted by Gasteiger charge is 2.64. The standard InChI is InChI=1S/C47H63F3O11/c1-15-34-24(5)37(52)28(9)42(57-34)31(12)46(55)32(13)43(59-36(51)22-23(3)4)30(11)41(61-46)29(10)40-27(8)38(53)26(7)39(60-40)25(6)35(16-2)58-44(54)45(56-14,47(48,49)50)33-20-18-17-19-21-33/h17-21,23,25,29-32,35,41,43,55H,15-16,22H2,1-14H3/t25-,29-,30+,31-,32-,35-,41-,43-,45-,46+/m0/s1. The number of aliphatic hydroxyl groups is 1. The van der Waals surface area contributed by atoms with Crippen LogP contribution in [0.3, 0.4) is 0 Å². The van der Waals surface area contributed by atoms with E-state index in [1.165, 1.54) is 25.1 Å². The minimum absolute atomic E-state index is 0.0174. The lowest BCUT2D eigenvalue weighted by Gasteiger charge is -2.52. The molecule has 0 unspecified atom stereocenters. The van der Waals surface area contributed by atoms with E-state index in [1.54, 1.807) is 55.4 Å². The Morgan fingerprint density at radius 2 is 1.41 bits per heavy atom. The van der Waals surface area contributed by atoms with Crippen molar-refractivity contribution in [2.75, 3.05) is 7.11 Å². The van der Waals surface area contributed by atoms with Crippen molar-refractivity contribution in [2.24, 2.45) is 17.8 Å². The molecule has 3 aromatic rings. The molecule has 1 aromatic carbocycles. The fourth-order valence-corrected chi connectivity index (χ4v) is 8.96. The molecule has 2 aromatic heterocycles. The Kier molecular flexibility index (Phi) is 15.4. The molecule has 61 heavy (non-hydrogen) atoms. The maximum Gasteiger partial charge on any atom is 0.432 e. The summed E-state index contributed by atoms with van der Waals surface area (Å²) in [6, 6.07) is 6.49. The Balaban J connectivity index is 1.83. The molecule has 0 saturated carbocycles. The van der Waals surface area contributed by atoms with Crippen molar-refractivity contribution < 1.29 is 55.6 Å². The van der Waals surface area contributed by atoms with Gasteiger partial charge in [-0.2, -0.15) is 13.2 Å². The van der Waals surface area contributed by atoms with Crippen LogP contribution >= 0.6 is 0 Å². The SMILES string of the molecule is CCc1oc([C@H](C)[C@@]2(O)O[C@@H]([C@@H](C)c3oc([C@@H](C)[C@H](CC)OC(=O)[C@@](OC)(c4ccccc4)C(F)(F)F)c(C)c(=O)c3C)[C@@H](C)[C@H](OC(=O)CC(C)C)[C@@H]2C)c(C)c(=O)c1C. The molecular weight excluding hydrogens is 797 g/mol. The average Bonchev–Trinajstić information content (AvgIpc) is 3.20. The number of esters is 2. The first kappa shape index (κ1) is 49.4. The van der Waals surface area contributed by atoms with Gasteiger partial charge in [-0.3, -0.25) is 14.4 Å². The summed E-state index contributed by atoms with van der Waals surface area (Å²) in [6.07, 6.45) is -7.71. The predicted molar refractivity (Wildman–Crippen MR) is 222 cm³/mol. The van der Waals surface area contributed by atoms with Gasteiger partial charge in [-0.1, -0.05) is 92.6 Å². The Morgan fingerprint density at radius 1 is 0.852 bits per heavy atom. The summed E-state index contributed by atoms with van der Waals surface area (Å²) in [6.45, 7) is 22.2. The molecule has 1 N–H and O–H groups in total. The quantitative estimate of drug-likeness (QED) is 0.146. The molecule has 0 amide bonds. The van der Waals surface area contributed by atoms with Gasteiger partial charge in [0.05, 0.1) is 17.9 Å². The molecule has 3 heterocycles. The first-order valence-corrected chi connectivity index (χ1v) is 21.1. The van der Waals surface area contributed by atoms with Crippen molar-refractivity contribution in [2.45, 2.75) is 163 Å². The van der Waals surface area contributed by atoms with Crippen LogP contribution in [0.1, 0.15) is 144 Å². The molecule has 4 rings (SSSR count). The molecule has 1 aliphatic heterocycles. The molecule has 0 aliphatic carbocycles. The van der Waals surface area contributed by atoms with Gasteiger partial charge in [0.2, 0.25) is 0 Å². The Hall–Kier alpha value is -4.27. The molecule has 11 nitrogen and oxygen atoms in total. The summed E-state index contributed by atoms with van der Waals surface area (Å²) in [5.41, 5.74) is -3.38. The van der Waals surface area contributed by atoms with Crippen LogP contribution in [-0.2, 0) is 40.6 Å². The van der Waals surface area contributed by atoms with Crippen LogP contribution < -0.4 is 10.9 Å². The van der Waals surface area contributed by atoms with E-state index in [2.05, 4.69) is 0 Å². The number of aryl methyl sites for hydroxylation is 1. The van der Waals surface area contributed by atoms with Gasteiger partial charge < -0.3 is 32.9 Å². The monoisotopic (exact) mass is 860 g/mol. The van der Waals surface area contributed by atoms with E-state index in [-0.39, 0.29) is 52.6 Å². The van der Waals surface area contributed by atoms with Gasteiger partial charge in [-0.05, 0) is 40.0 Å². The van der Waals surface area contributed by atoms with E-state index >= 15 is 0 Å². The van der Waals surface area contributed by atoms with Gasteiger partial charge in [0.1, 0.15) is 35.2 Å². The smallest absolute Gasteiger partial charge is 0.432 e. The van der Waals surface area contributed by atoms with Crippen molar-refractivity contribution >= 4 is 11.9 Å². The third-order valence-corrected chi connectivity index (χ3v) is 12.7. The van der Waals surface area contributed by atoms with Gasteiger partial charge in [-0.15, -0.1) is 0 Å². The van der Waals surface area contributed by atoms with Gasteiger partial charge in [0.25, 0.3) is 5.60 Å². The zero-order chi connectivity index (χ0) is 46.1. The number of ether oxygens (including phenoxy) is 4. The lowest BCUT2D eigenvalue weighted by atomic mass is 9.72. The number of hydrogen-bond acceptors (Lipinski definition) is 11. The summed E-state index contributed by atoms with van der Waals surface area (Å²) < 4.78 is 80.8. The molecule has 1 aliphatic rings. The van der Waals surface area contributed by atoms with E-state index in [0.717, 1.165) is 19.2 Å². The average molecular weight is 861 g/mol. The van der Waals surface area contributed by atoms with Crippen molar-refractivity contribution in [1.29, 1.82) is 0 Å². The van der Waals surface area contributed by atoms with Crippen LogP contribution in [0.2, 0.25) is 0 Å². The summed E-state index contributed by atoms with van der Waals surface area (Å²) in [5.74, 6) is -7.47. The van der Waals surface area contributed by atoms with Crippen LogP contribution in [-0.4, -0.2) is 54.4 Å². The predicted octanol–water partition coefficient (Wildman–Crippen LogP) is 9.14. The lowest BCUT2D eigenvalue weighted by Crippen LogP contribution is -2.61. The Morgan fingerprint density at radius 3 is 1.93 bits per heavy atom. The van der Waals surface area contributed by atoms with E-state index < -0.39 is 88.4 Å². The van der Waals surface area contributed by atoms with Crippen LogP contribution in [0.4, 0.5) is 13.2 Å².